The summed E-state index contributed by atoms with van der Waals surface area (Å²) in [7, 11) is 3.92. The third kappa shape index (κ3) is 7.39. The average molecular weight is 534 g/mol. The number of amides is 2. The molecule has 4 aromatic rings. The zero-order valence-corrected chi connectivity index (χ0v) is 22.1. The first-order valence-corrected chi connectivity index (χ1v) is 12.5. The molecule has 0 unspecified atom stereocenters. The summed E-state index contributed by atoms with van der Waals surface area (Å²) in [6.45, 7) is 0. The van der Waals surface area contributed by atoms with Crippen molar-refractivity contribution in [1.82, 2.24) is 5.32 Å². The van der Waals surface area contributed by atoms with Crippen molar-refractivity contribution in [3.05, 3.63) is 143 Å². The van der Waals surface area contributed by atoms with Crippen LogP contribution in [-0.2, 0) is 4.79 Å². The van der Waals surface area contributed by atoms with Gasteiger partial charge in [0, 0.05) is 42.2 Å². The van der Waals surface area contributed by atoms with Crippen LogP contribution in [0, 0.1) is 5.82 Å². The second kappa shape index (κ2) is 13.0. The van der Waals surface area contributed by atoms with Gasteiger partial charge in [0.1, 0.15) is 11.5 Å². The number of carbonyl (C=O) groups excluding carboxylic acids is 3. The topological polar surface area (TPSA) is 78.5 Å². The van der Waals surface area contributed by atoms with Crippen molar-refractivity contribution < 1.29 is 18.8 Å². The summed E-state index contributed by atoms with van der Waals surface area (Å²) in [6.07, 6.45) is 4.51. The van der Waals surface area contributed by atoms with Crippen molar-refractivity contribution in [2.45, 2.75) is 0 Å². The number of allylic oxidation sites excluding steroid dienone is 1. The molecule has 0 aliphatic rings. The van der Waals surface area contributed by atoms with Crippen LogP contribution in [0.5, 0.6) is 0 Å². The Morgan fingerprint density at radius 2 is 1.40 bits per heavy atom. The SMILES string of the molecule is CN(C)c1ccc(/C=C/C(=O)c2ccc(NC(=O)/C(=C/c3ccccc3F)NC(=O)c3ccccc3)cc2)cc1. The summed E-state index contributed by atoms with van der Waals surface area (Å²) < 4.78 is 14.3. The lowest BCUT2D eigenvalue weighted by Gasteiger charge is -2.12. The Hall–Kier alpha value is -5.30. The van der Waals surface area contributed by atoms with Gasteiger partial charge in [-0.1, -0.05) is 54.6 Å². The maximum Gasteiger partial charge on any atom is 0.272 e. The maximum atomic E-state index is 14.3. The number of hydrogen-bond donors (Lipinski definition) is 2. The summed E-state index contributed by atoms with van der Waals surface area (Å²) >= 11 is 0. The maximum absolute atomic E-state index is 14.3. The predicted octanol–water partition coefficient (Wildman–Crippen LogP) is 6.20. The molecule has 0 saturated carbocycles. The standard InChI is InChI=1S/C33H28FN3O3/c1-37(2)28-19-12-23(13-20-28)14-21-31(38)24-15-17-27(18-16-24)35-33(40)30(22-26-10-6-7-11-29(26)34)36-32(39)25-8-4-3-5-9-25/h3-22H,1-2H3,(H,35,40)(H,36,39)/b21-14+,30-22-. The highest BCUT2D eigenvalue weighted by Gasteiger charge is 2.16. The highest BCUT2D eigenvalue weighted by Crippen LogP contribution is 2.17. The molecule has 200 valence electrons. The molecule has 0 aliphatic heterocycles. The summed E-state index contributed by atoms with van der Waals surface area (Å²) in [6, 6.07) is 28.5. The lowest BCUT2D eigenvalue weighted by molar-refractivity contribution is -0.113. The highest BCUT2D eigenvalue weighted by atomic mass is 19.1. The van der Waals surface area contributed by atoms with Gasteiger partial charge < -0.3 is 15.5 Å². The Bertz CT molecular complexity index is 1560. The second-order valence-corrected chi connectivity index (χ2v) is 9.11. The number of hydrogen-bond acceptors (Lipinski definition) is 4. The lowest BCUT2D eigenvalue weighted by Crippen LogP contribution is -2.30. The fraction of sp³-hybridized carbons (Fsp3) is 0.0606. The van der Waals surface area contributed by atoms with Crippen LogP contribution in [0.15, 0.2) is 115 Å². The molecule has 2 amide bonds. The monoisotopic (exact) mass is 533 g/mol. The van der Waals surface area contributed by atoms with E-state index in [1.807, 2.05) is 43.3 Å². The highest BCUT2D eigenvalue weighted by molar-refractivity contribution is 6.11. The second-order valence-electron chi connectivity index (χ2n) is 9.11. The Labute approximate surface area is 232 Å². The summed E-state index contributed by atoms with van der Waals surface area (Å²) in [5.41, 5.74) is 3.16. The van der Waals surface area contributed by atoms with Crippen LogP contribution in [0.4, 0.5) is 15.8 Å². The van der Waals surface area contributed by atoms with Gasteiger partial charge in [0.15, 0.2) is 5.78 Å². The molecule has 7 heteroatoms. The van der Waals surface area contributed by atoms with Gasteiger partial charge in [-0.25, -0.2) is 4.39 Å². The largest absolute Gasteiger partial charge is 0.378 e. The molecule has 0 saturated heterocycles. The van der Waals surface area contributed by atoms with Crippen LogP contribution < -0.4 is 15.5 Å². The average Bonchev–Trinajstić information content (AvgIpc) is 2.97. The fourth-order valence-electron chi connectivity index (χ4n) is 3.76. The van der Waals surface area contributed by atoms with Crippen LogP contribution >= 0.6 is 0 Å². The van der Waals surface area contributed by atoms with Crippen LogP contribution in [0.3, 0.4) is 0 Å². The quantitative estimate of drug-likeness (QED) is 0.198. The number of carbonyl (C=O) groups is 3. The minimum atomic E-state index is -0.646. The van der Waals surface area contributed by atoms with Gasteiger partial charge in [-0.3, -0.25) is 14.4 Å². The summed E-state index contributed by atoms with van der Waals surface area (Å²) in [5, 5.41) is 5.28. The van der Waals surface area contributed by atoms with Crippen LogP contribution in [0.2, 0.25) is 0 Å². The first-order valence-electron chi connectivity index (χ1n) is 12.5. The zero-order valence-electron chi connectivity index (χ0n) is 22.1. The van der Waals surface area contributed by atoms with Gasteiger partial charge in [0.25, 0.3) is 11.8 Å². The van der Waals surface area contributed by atoms with Crippen LogP contribution in [0.25, 0.3) is 12.2 Å². The molecule has 4 rings (SSSR count). The number of ketones is 1. The normalized spacial score (nSPS) is 11.2. The molecule has 0 fully saturated rings. The molecule has 4 aromatic carbocycles. The summed E-state index contributed by atoms with van der Waals surface area (Å²) in [5.74, 6) is -1.88. The van der Waals surface area contributed by atoms with Crippen molar-refractivity contribution in [2.24, 2.45) is 0 Å². The minimum Gasteiger partial charge on any atom is -0.378 e. The van der Waals surface area contributed by atoms with Gasteiger partial charge in [0.2, 0.25) is 0 Å². The van der Waals surface area contributed by atoms with Crippen LogP contribution in [0.1, 0.15) is 31.8 Å². The zero-order chi connectivity index (χ0) is 28.5. The Kier molecular flexibility index (Phi) is 8.99. The molecular weight excluding hydrogens is 505 g/mol. The molecule has 0 atom stereocenters. The molecule has 0 bridgehead atoms. The van der Waals surface area contributed by atoms with E-state index in [9.17, 15) is 18.8 Å². The smallest absolute Gasteiger partial charge is 0.272 e. The third-order valence-electron chi connectivity index (χ3n) is 6.00. The number of halogens is 1. The predicted molar refractivity (Wildman–Crippen MR) is 157 cm³/mol. The molecule has 0 heterocycles. The van der Waals surface area contributed by atoms with Crippen molar-refractivity contribution in [3.63, 3.8) is 0 Å². The van der Waals surface area contributed by atoms with Gasteiger partial charge >= 0.3 is 0 Å². The van der Waals surface area contributed by atoms with Crippen LogP contribution in [-0.4, -0.2) is 31.7 Å². The molecular formula is C33H28FN3O3. The van der Waals surface area contributed by atoms with Crippen molar-refractivity contribution in [1.29, 1.82) is 0 Å². The fourth-order valence-corrected chi connectivity index (χ4v) is 3.76. The molecule has 0 spiro atoms. The van der Waals surface area contributed by atoms with Crippen molar-refractivity contribution >= 4 is 41.1 Å². The van der Waals surface area contributed by atoms with Crippen molar-refractivity contribution in [3.8, 4) is 0 Å². The molecule has 0 radical (unpaired) electrons. The molecule has 0 aliphatic carbocycles. The van der Waals surface area contributed by atoms with E-state index in [0.717, 1.165) is 11.3 Å². The Balaban J connectivity index is 1.47. The van der Waals surface area contributed by atoms with Gasteiger partial charge in [-0.05, 0) is 72.3 Å². The lowest BCUT2D eigenvalue weighted by atomic mass is 10.1. The van der Waals surface area contributed by atoms with E-state index in [-0.39, 0.29) is 17.0 Å². The van der Waals surface area contributed by atoms with E-state index in [1.54, 1.807) is 66.7 Å². The van der Waals surface area contributed by atoms with E-state index >= 15 is 0 Å². The molecule has 0 aromatic heterocycles. The van der Waals surface area contributed by atoms with E-state index in [4.69, 9.17) is 0 Å². The molecule has 6 nitrogen and oxygen atoms in total. The number of nitrogens with zero attached hydrogens (tertiary/aromatic N) is 1. The first kappa shape index (κ1) is 27.7. The number of nitrogens with one attached hydrogen (secondary N) is 2. The molecule has 40 heavy (non-hydrogen) atoms. The Morgan fingerprint density at radius 3 is 2.05 bits per heavy atom. The van der Waals surface area contributed by atoms with Gasteiger partial charge in [0.05, 0.1) is 0 Å². The number of anilines is 2. The Morgan fingerprint density at radius 1 is 0.750 bits per heavy atom. The first-order chi connectivity index (χ1) is 19.3. The van der Waals surface area contributed by atoms with Gasteiger partial charge in [-0.15, -0.1) is 0 Å². The van der Waals surface area contributed by atoms with Crippen molar-refractivity contribution in [2.75, 3.05) is 24.3 Å². The minimum absolute atomic E-state index is 0.137. The third-order valence-corrected chi connectivity index (χ3v) is 6.00. The van der Waals surface area contributed by atoms with E-state index in [1.165, 1.54) is 30.4 Å². The number of rotatable bonds is 9. The van der Waals surface area contributed by atoms with E-state index in [2.05, 4.69) is 10.6 Å². The summed E-state index contributed by atoms with van der Waals surface area (Å²) in [4.78, 5) is 40.5. The number of benzene rings is 4. The van der Waals surface area contributed by atoms with E-state index < -0.39 is 17.6 Å². The van der Waals surface area contributed by atoms with E-state index in [0.29, 0.717) is 16.8 Å². The van der Waals surface area contributed by atoms with Gasteiger partial charge in [-0.2, -0.15) is 0 Å². The molecule has 2 N–H and O–H groups in total.